The van der Waals surface area contributed by atoms with Crippen LogP contribution in [0.15, 0.2) is 18.2 Å². The number of hydrogen-bond acceptors (Lipinski definition) is 7. The third-order valence-electron chi connectivity index (χ3n) is 5.44. The molecule has 2 aliphatic heterocycles. The summed E-state index contributed by atoms with van der Waals surface area (Å²) in [6.07, 6.45) is 2.52. The Bertz CT molecular complexity index is 999. The average molecular weight is 439 g/mol. The monoisotopic (exact) mass is 438 g/mol. The molecule has 0 bridgehead atoms. The number of carbonyl (C=O) groups is 1. The highest BCUT2D eigenvalue weighted by Gasteiger charge is 2.39. The van der Waals surface area contributed by atoms with Crippen molar-refractivity contribution in [1.82, 2.24) is 14.2 Å². The van der Waals surface area contributed by atoms with Gasteiger partial charge in [-0.15, -0.1) is 0 Å². The van der Waals surface area contributed by atoms with Gasteiger partial charge in [-0.25, -0.2) is 13.4 Å². The molecule has 1 unspecified atom stereocenters. The SMILES string of the molecule is CCOc1ccc2nc(N3CCN(C(=O)C4CCCN4S(C)(=O)=O)CC3)sc2c1. The van der Waals surface area contributed by atoms with Crippen LogP contribution in [0.3, 0.4) is 0 Å². The van der Waals surface area contributed by atoms with E-state index in [1.165, 1.54) is 10.6 Å². The van der Waals surface area contributed by atoms with Crippen LogP contribution in [0, 0.1) is 0 Å². The lowest BCUT2D eigenvalue weighted by atomic mass is 10.2. The van der Waals surface area contributed by atoms with Gasteiger partial charge in [-0.3, -0.25) is 4.79 Å². The fourth-order valence-corrected chi connectivity index (χ4v) is 6.16. The Morgan fingerprint density at radius 2 is 2.00 bits per heavy atom. The molecular formula is C19H26N4O4S2. The van der Waals surface area contributed by atoms with Gasteiger partial charge in [0, 0.05) is 32.7 Å². The van der Waals surface area contributed by atoms with Crippen LogP contribution in [-0.4, -0.2) is 80.1 Å². The first-order valence-corrected chi connectivity index (χ1v) is 12.6. The van der Waals surface area contributed by atoms with E-state index in [0.717, 1.165) is 27.5 Å². The zero-order valence-corrected chi connectivity index (χ0v) is 18.3. The van der Waals surface area contributed by atoms with E-state index in [4.69, 9.17) is 9.72 Å². The Hall–Kier alpha value is -1.91. The van der Waals surface area contributed by atoms with Crippen molar-refractivity contribution >= 4 is 42.6 Å². The van der Waals surface area contributed by atoms with E-state index >= 15 is 0 Å². The van der Waals surface area contributed by atoms with Crippen LogP contribution in [0.25, 0.3) is 10.2 Å². The third kappa shape index (κ3) is 4.19. The lowest BCUT2D eigenvalue weighted by molar-refractivity contribution is -0.134. The summed E-state index contributed by atoms with van der Waals surface area (Å²) in [5, 5.41) is 0.944. The van der Waals surface area contributed by atoms with Crippen LogP contribution in [-0.2, 0) is 14.8 Å². The van der Waals surface area contributed by atoms with Gasteiger partial charge in [0.25, 0.3) is 0 Å². The fraction of sp³-hybridized carbons (Fsp3) is 0.579. The maximum atomic E-state index is 12.9. The van der Waals surface area contributed by atoms with Gasteiger partial charge >= 0.3 is 0 Å². The van der Waals surface area contributed by atoms with E-state index in [-0.39, 0.29) is 5.91 Å². The molecule has 0 radical (unpaired) electrons. The number of benzene rings is 1. The van der Waals surface area contributed by atoms with Gasteiger partial charge in [-0.05, 0) is 38.0 Å². The lowest BCUT2D eigenvalue weighted by Gasteiger charge is -2.36. The van der Waals surface area contributed by atoms with E-state index in [2.05, 4.69) is 4.90 Å². The van der Waals surface area contributed by atoms with Gasteiger partial charge < -0.3 is 14.5 Å². The number of thiazole rings is 1. The minimum atomic E-state index is -3.35. The first-order valence-electron chi connectivity index (χ1n) is 9.91. The van der Waals surface area contributed by atoms with Crippen molar-refractivity contribution in [1.29, 1.82) is 0 Å². The quantitative estimate of drug-likeness (QED) is 0.708. The summed E-state index contributed by atoms with van der Waals surface area (Å²) in [6, 6.07) is 5.37. The number of amides is 1. The highest BCUT2D eigenvalue weighted by Crippen LogP contribution is 2.32. The molecule has 158 valence electrons. The van der Waals surface area contributed by atoms with E-state index in [1.54, 1.807) is 16.2 Å². The van der Waals surface area contributed by atoms with Gasteiger partial charge in [0.15, 0.2) is 5.13 Å². The van der Waals surface area contributed by atoms with Crippen molar-refractivity contribution in [2.45, 2.75) is 25.8 Å². The predicted octanol–water partition coefficient (Wildman–Crippen LogP) is 1.77. The van der Waals surface area contributed by atoms with Crippen LogP contribution >= 0.6 is 11.3 Å². The second kappa shape index (κ2) is 8.08. The average Bonchev–Trinajstić information content (AvgIpc) is 3.34. The smallest absolute Gasteiger partial charge is 0.241 e. The number of carbonyl (C=O) groups excluding carboxylic acids is 1. The number of fused-ring (bicyclic) bond motifs is 1. The zero-order chi connectivity index (χ0) is 20.6. The Morgan fingerprint density at radius 1 is 1.24 bits per heavy atom. The molecule has 1 amide bonds. The van der Waals surface area contributed by atoms with E-state index in [0.29, 0.717) is 45.8 Å². The van der Waals surface area contributed by atoms with Crippen molar-refractivity contribution in [2.75, 3.05) is 50.5 Å². The van der Waals surface area contributed by atoms with Gasteiger partial charge in [0.1, 0.15) is 11.8 Å². The molecule has 2 saturated heterocycles. The predicted molar refractivity (Wildman–Crippen MR) is 114 cm³/mol. The van der Waals surface area contributed by atoms with Gasteiger partial charge in [0.2, 0.25) is 15.9 Å². The minimum absolute atomic E-state index is 0.0711. The molecule has 1 atom stereocenters. The first kappa shape index (κ1) is 20.4. The number of ether oxygens (including phenoxy) is 1. The second-order valence-corrected chi connectivity index (χ2v) is 10.3. The molecular weight excluding hydrogens is 412 g/mol. The number of aromatic nitrogens is 1. The maximum Gasteiger partial charge on any atom is 0.241 e. The zero-order valence-electron chi connectivity index (χ0n) is 16.7. The summed E-state index contributed by atoms with van der Waals surface area (Å²) in [5.74, 6) is 0.774. The normalized spacial score (nSPS) is 21.1. The molecule has 1 aromatic carbocycles. The number of nitrogens with zero attached hydrogens (tertiary/aromatic N) is 4. The summed E-state index contributed by atoms with van der Waals surface area (Å²) in [4.78, 5) is 21.6. The summed E-state index contributed by atoms with van der Waals surface area (Å²) in [7, 11) is -3.35. The van der Waals surface area contributed by atoms with Crippen LogP contribution in [0.5, 0.6) is 5.75 Å². The summed E-state index contributed by atoms with van der Waals surface area (Å²) < 4.78 is 31.9. The number of piperazine rings is 1. The number of anilines is 1. The summed E-state index contributed by atoms with van der Waals surface area (Å²) >= 11 is 1.63. The molecule has 3 heterocycles. The lowest BCUT2D eigenvalue weighted by Crippen LogP contribution is -2.54. The molecule has 0 spiro atoms. The Balaban J connectivity index is 1.41. The molecule has 8 nitrogen and oxygen atoms in total. The van der Waals surface area contributed by atoms with Crippen LogP contribution in [0.1, 0.15) is 19.8 Å². The number of rotatable bonds is 5. The van der Waals surface area contributed by atoms with Gasteiger partial charge in [-0.1, -0.05) is 11.3 Å². The van der Waals surface area contributed by atoms with Crippen molar-refractivity contribution in [3.63, 3.8) is 0 Å². The van der Waals surface area contributed by atoms with Gasteiger partial charge in [0.05, 0.1) is 23.1 Å². The summed E-state index contributed by atoms with van der Waals surface area (Å²) in [6.45, 7) is 5.56. The van der Waals surface area contributed by atoms with Crippen LogP contribution in [0.4, 0.5) is 5.13 Å². The molecule has 2 aromatic rings. The molecule has 0 N–H and O–H groups in total. The molecule has 29 heavy (non-hydrogen) atoms. The molecule has 2 fully saturated rings. The van der Waals surface area contributed by atoms with Crippen LogP contribution in [0.2, 0.25) is 0 Å². The van der Waals surface area contributed by atoms with E-state index in [9.17, 15) is 13.2 Å². The molecule has 4 rings (SSSR count). The summed E-state index contributed by atoms with van der Waals surface area (Å²) in [5.41, 5.74) is 0.946. The third-order valence-corrected chi connectivity index (χ3v) is 7.80. The standard InChI is InChI=1S/C19H26N4O4S2/c1-3-27-14-6-7-15-17(13-14)28-19(20-15)22-11-9-21(10-12-22)18(24)16-5-4-8-23(16)29(2,25)26/h6-7,13,16H,3-5,8-12H2,1-2H3. The molecule has 2 aliphatic rings. The number of hydrogen-bond donors (Lipinski definition) is 0. The van der Waals surface area contributed by atoms with Crippen molar-refractivity contribution in [3.8, 4) is 5.75 Å². The highest BCUT2D eigenvalue weighted by atomic mass is 32.2. The van der Waals surface area contributed by atoms with Crippen molar-refractivity contribution < 1.29 is 17.9 Å². The second-order valence-electron chi connectivity index (χ2n) is 7.40. The van der Waals surface area contributed by atoms with Crippen molar-refractivity contribution in [3.05, 3.63) is 18.2 Å². The number of sulfonamides is 1. The topological polar surface area (TPSA) is 83.1 Å². The molecule has 0 saturated carbocycles. The first-order chi connectivity index (χ1) is 13.9. The van der Waals surface area contributed by atoms with Gasteiger partial charge in [-0.2, -0.15) is 4.31 Å². The fourth-order valence-electron chi connectivity index (χ4n) is 4.00. The highest BCUT2D eigenvalue weighted by molar-refractivity contribution is 7.88. The van der Waals surface area contributed by atoms with Crippen molar-refractivity contribution in [2.24, 2.45) is 0 Å². The Morgan fingerprint density at radius 3 is 2.69 bits per heavy atom. The Labute approximate surface area is 175 Å². The largest absolute Gasteiger partial charge is 0.494 e. The van der Waals surface area contributed by atoms with E-state index < -0.39 is 16.1 Å². The minimum Gasteiger partial charge on any atom is -0.494 e. The van der Waals surface area contributed by atoms with E-state index in [1.807, 2.05) is 25.1 Å². The molecule has 10 heteroatoms. The molecule has 1 aromatic heterocycles. The Kier molecular flexibility index (Phi) is 5.67. The molecule has 0 aliphatic carbocycles. The maximum absolute atomic E-state index is 12.9. The van der Waals surface area contributed by atoms with Crippen LogP contribution < -0.4 is 9.64 Å².